The van der Waals surface area contributed by atoms with E-state index in [0.29, 0.717) is 17.9 Å². The van der Waals surface area contributed by atoms with Crippen LogP contribution in [-0.2, 0) is 6.54 Å². The van der Waals surface area contributed by atoms with Crippen molar-refractivity contribution >= 4 is 28.8 Å². The normalized spacial score (nSPS) is 24.0. The number of hydrogen-bond acceptors (Lipinski definition) is 3. The molecule has 3 nitrogen and oxygen atoms in total. The molecule has 2 saturated heterocycles. The Morgan fingerprint density at radius 2 is 1.83 bits per heavy atom. The summed E-state index contributed by atoms with van der Waals surface area (Å²) in [4.78, 5) is 18.0. The average molecular weight is 437 g/mol. The quantitative estimate of drug-likeness (QED) is 0.536. The van der Waals surface area contributed by atoms with Crippen molar-refractivity contribution in [3.63, 3.8) is 0 Å². The van der Waals surface area contributed by atoms with Crippen LogP contribution in [0.15, 0.2) is 71.4 Å². The topological polar surface area (TPSA) is 23.6 Å². The van der Waals surface area contributed by atoms with Gasteiger partial charge >= 0.3 is 0 Å². The van der Waals surface area contributed by atoms with Crippen molar-refractivity contribution in [3.05, 3.63) is 93.1 Å². The first kappa shape index (κ1) is 19.8. The molecule has 3 atom stereocenters. The fourth-order valence-corrected chi connectivity index (χ4v) is 6.06. The Kier molecular flexibility index (Phi) is 5.64. The number of rotatable bonds is 4. The van der Waals surface area contributed by atoms with Crippen LogP contribution in [0.2, 0.25) is 5.02 Å². The standard InChI is InChI=1S/C25H25ClN2OS/c26-23-9-5-4-8-19(23)14-27-12-10-24-22(15-27)21(20-11-13-30-17-20)16-28(24)25(29)18-6-2-1-3-7-18/h1-9,11,13,17,21-22,24H,10,12,14-16H2/t21-,22-,24-/m0/s1. The van der Waals surface area contributed by atoms with Crippen molar-refractivity contribution in [3.8, 4) is 0 Å². The minimum atomic E-state index is 0.169. The Balaban J connectivity index is 1.39. The Hall–Kier alpha value is -2.14. The summed E-state index contributed by atoms with van der Waals surface area (Å²) >= 11 is 8.16. The van der Waals surface area contributed by atoms with Crippen LogP contribution in [0.3, 0.4) is 0 Å². The van der Waals surface area contributed by atoms with Gasteiger partial charge in [0.15, 0.2) is 0 Å². The van der Waals surface area contributed by atoms with Gasteiger partial charge in [-0.25, -0.2) is 0 Å². The van der Waals surface area contributed by atoms with E-state index in [1.807, 2.05) is 42.5 Å². The third-order valence-electron chi connectivity index (χ3n) is 6.62. The first-order valence-corrected chi connectivity index (χ1v) is 11.9. The summed E-state index contributed by atoms with van der Waals surface area (Å²) in [6.07, 6.45) is 1.01. The van der Waals surface area contributed by atoms with Crippen molar-refractivity contribution in [1.29, 1.82) is 0 Å². The lowest BCUT2D eigenvalue weighted by Crippen LogP contribution is -2.47. The van der Waals surface area contributed by atoms with E-state index in [1.165, 1.54) is 11.1 Å². The second-order valence-corrected chi connectivity index (χ2v) is 9.52. The molecule has 0 bridgehead atoms. The fraction of sp³-hybridized carbons (Fsp3) is 0.320. The Morgan fingerprint density at radius 1 is 1.03 bits per heavy atom. The van der Waals surface area contributed by atoms with Gasteiger partial charge in [-0.1, -0.05) is 48.0 Å². The Labute approximate surface area is 186 Å². The van der Waals surface area contributed by atoms with Crippen LogP contribution in [-0.4, -0.2) is 41.4 Å². The summed E-state index contributed by atoms with van der Waals surface area (Å²) in [5.41, 5.74) is 3.35. The zero-order valence-corrected chi connectivity index (χ0v) is 18.4. The summed E-state index contributed by atoms with van der Waals surface area (Å²) in [6, 6.07) is 20.4. The van der Waals surface area contributed by atoms with Gasteiger partial charge in [-0.2, -0.15) is 11.3 Å². The van der Waals surface area contributed by atoms with E-state index < -0.39 is 0 Å². The first-order chi connectivity index (χ1) is 14.7. The molecule has 0 unspecified atom stereocenters. The highest BCUT2D eigenvalue weighted by molar-refractivity contribution is 7.08. The molecule has 0 radical (unpaired) electrons. The number of carbonyl (C=O) groups is 1. The van der Waals surface area contributed by atoms with E-state index in [0.717, 1.165) is 43.2 Å². The van der Waals surface area contributed by atoms with Crippen LogP contribution in [0, 0.1) is 5.92 Å². The molecule has 3 aromatic rings. The van der Waals surface area contributed by atoms with Crippen molar-refractivity contribution < 1.29 is 4.79 Å². The zero-order chi connectivity index (χ0) is 20.5. The van der Waals surface area contributed by atoms with Gasteiger partial charge in [0, 0.05) is 54.6 Å². The van der Waals surface area contributed by atoms with Gasteiger partial charge in [-0.05, 0) is 52.6 Å². The van der Waals surface area contributed by atoms with Crippen LogP contribution >= 0.6 is 22.9 Å². The van der Waals surface area contributed by atoms with E-state index in [9.17, 15) is 4.79 Å². The highest BCUT2D eigenvalue weighted by atomic mass is 35.5. The number of fused-ring (bicyclic) bond motifs is 1. The molecule has 1 aromatic heterocycles. The van der Waals surface area contributed by atoms with Gasteiger partial charge in [-0.15, -0.1) is 0 Å². The number of halogens is 1. The van der Waals surface area contributed by atoms with Gasteiger partial charge < -0.3 is 4.90 Å². The number of amides is 1. The number of thiophene rings is 1. The molecule has 5 heteroatoms. The first-order valence-electron chi connectivity index (χ1n) is 10.5. The highest BCUT2D eigenvalue weighted by Crippen LogP contribution is 2.43. The maximum absolute atomic E-state index is 13.3. The monoisotopic (exact) mass is 436 g/mol. The lowest BCUT2D eigenvalue weighted by molar-refractivity contribution is 0.0614. The average Bonchev–Trinajstić information content (AvgIpc) is 3.43. The molecule has 154 valence electrons. The van der Waals surface area contributed by atoms with E-state index >= 15 is 0 Å². The van der Waals surface area contributed by atoms with Gasteiger partial charge in [-0.3, -0.25) is 9.69 Å². The van der Waals surface area contributed by atoms with E-state index in [1.54, 1.807) is 11.3 Å². The summed E-state index contributed by atoms with van der Waals surface area (Å²) in [7, 11) is 0. The molecule has 0 aliphatic carbocycles. The predicted octanol–water partition coefficient (Wildman–Crippen LogP) is 5.53. The molecule has 30 heavy (non-hydrogen) atoms. The molecule has 2 aromatic carbocycles. The number of likely N-dealkylation sites (tertiary alicyclic amines) is 2. The molecule has 5 rings (SSSR count). The molecule has 3 heterocycles. The number of carbonyl (C=O) groups excluding carboxylic acids is 1. The third-order valence-corrected chi connectivity index (χ3v) is 7.69. The third kappa shape index (κ3) is 3.80. The van der Waals surface area contributed by atoms with Crippen LogP contribution < -0.4 is 0 Å². The zero-order valence-electron chi connectivity index (χ0n) is 16.8. The fourth-order valence-electron chi connectivity index (χ4n) is 5.13. The number of hydrogen-bond donors (Lipinski definition) is 0. The lowest BCUT2D eigenvalue weighted by Gasteiger charge is -2.39. The van der Waals surface area contributed by atoms with Crippen LogP contribution in [0.1, 0.15) is 33.8 Å². The molecular weight excluding hydrogens is 412 g/mol. The second kappa shape index (κ2) is 8.54. The molecule has 2 fully saturated rings. The van der Waals surface area contributed by atoms with Gasteiger partial charge in [0.25, 0.3) is 5.91 Å². The minimum Gasteiger partial charge on any atom is -0.335 e. The smallest absolute Gasteiger partial charge is 0.254 e. The molecular formula is C25H25ClN2OS. The van der Waals surface area contributed by atoms with E-state index in [2.05, 4.69) is 38.8 Å². The van der Waals surface area contributed by atoms with Gasteiger partial charge in [0.05, 0.1) is 0 Å². The highest BCUT2D eigenvalue weighted by Gasteiger charge is 2.47. The van der Waals surface area contributed by atoms with Crippen LogP contribution in [0.4, 0.5) is 0 Å². The van der Waals surface area contributed by atoms with Crippen LogP contribution in [0.5, 0.6) is 0 Å². The van der Waals surface area contributed by atoms with Gasteiger partial charge in [0.2, 0.25) is 0 Å². The summed E-state index contributed by atoms with van der Waals surface area (Å²) in [6.45, 7) is 3.65. The maximum Gasteiger partial charge on any atom is 0.254 e. The van der Waals surface area contributed by atoms with Crippen molar-refractivity contribution in [1.82, 2.24) is 9.80 Å². The summed E-state index contributed by atoms with van der Waals surface area (Å²) in [5.74, 6) is 1.01. The van der Waals surface area contributed by atoms with Gasteiger partial charge in [0.1, 0.15) is 0 Å². The summed E-state index contributed by atoms with van der Waals surface area (Å²) in [5, 5.41) is 5.24. The Bertz CT molecular complexity index is 1010. The Morgan fingerprint density at radius 3 is 2.60 bits per heavy atom. The molecule has 0 spiro atoms. The predicted molar refractivity (Wildman–Crippen MR) is 123 cm³/mol. The molecule has 1 amide bonds. The molecule has 0 saturated carbocycles. The molecule has 2 aliphatic rings. The second-order valence-electron chi connectivity index (χ2n) is 8.33. The minimum absolute atomic E-state index is 0.169. The summed E-state index contributed by atoms with van der Waals surface area (Å²) < 4.78 is 0. The van der Waals surface area contributed by atoms with E-state index in [4.69, 9.17) is 11.6 Å². The van der Waals surface area contributed by atoms with Crippen LogP contribution in [0.25, 0.3) is 0 Å². The lowest BCUT2D eigenvalue weighted by atomic mass is 9.82. The van der Waals surface area contributed by atoms with E-state index in [-0.39, 0.29) is 5.91 Å². The maximum atomic E-state index is 13.3. The molecule has 0 N–H and O–H groups in total. The van der Waals surface area contributed by atoms with Crippen molar-refractivity contribution in [2.45, 2.75) is 24.9 Å². The number of benzene rings is 2. The molecule has 2 aliphatic heterocycles. The van der Waals surface area contributed by atoms with Crippen molar-refractivity contribution in [2.24, 2.45) is 5.92 Å². The number of piperidine rings is 1. The SMILES string of the molecule is O=C(c1ccccc1)N1C[C@@H](c2ccsc2)[C@@H]2CN(Cc3ccccc3Cl)CC[C@@H]21. The van der Waals surface area contributed by atoms with Crippen molar-refractivity contribution in [2.75, 3.05) is 19.6 Å². The number of nitrogens with zero attached hydrogens (tertiary/aromatic N) is 2. The largest absolute Gasteiger partial charge is 0.335 e.